The second-order valence-corrected chi connectivity index (χ2v) is 5.26. The number of carbonyl (C=O) groups is 2. The molecule has 0 aliphatic rings. The second kappa shape index (κ2) is 5.69. The molecule has 0 aromatic carbocycles. The Morgan fingerprint density at radius 1 is 1.33 bits per heavy atom. The van der Waals surface area contributed by atoms with Gasteiger partial charge in [0, 0.05) is 6.42 Å². The van der Waals surface area contributed by atoms with Gasteiger partial charge in [-0.1, -0.05) is 17.4 Å². The summed E-state index contributed by atoms with van der Waals surface area (Å²) in [6, 6.07) is 3.83. The van der Waals surface area contributed by atoms with Crippen molar-refractivity contribution < 1.29 is 14.7 Å². The lowest BCUT2D eigenvalue weighted by Gasteiger charge is -1.97. The first-order valence-electron chi connectivity index (χ1n) is 5.04. The van der Waals surface area contributed by atoms with Crippen molar-refractivity contribution in [1.82, 2.24) is 10.2 Å². The topological polar surface area (TPSA) is 92.2 Å². The minimum Gasteiger partial charge on any atom is -0.481 e. The fraction of sp³-hybridized carbons (Fsp3) is 0.200. The van der Waals surface area contributed by atoms with Gasteiger partial charge in [-0.2, -0.15) is 0 Å². The maximum absolute atomic E-state index is 11.4. The van der Waals surface area contributed by atoms with E-state index in [1.54, 1.807) is 0 Å². The molecule has 1 amide bonds. The average molecular weight is 283 g/mol. The lowest BCUT2D eigenvalue weighted by atomic mass is 10.3. The van der Waals surface area contributed by atoms with Gasteiger partial charge >= 0.3 is 5.97 Å². The Balaban J connectivity index is 1.95. The molecule has 0 unspecified atom stereocenters. The molecule has 94 valence electrons. The molecule has 0 saturated heterocycles. The predicted octanol–water partition coefficient (Wildman–Crippen LogP) is 2.07. The van der Waals surface area contributed by atoms with Crippen molar-refractivity contribution in [2.45, 2.75) is 12.8 Å². The number of hydrogen-bond donors (Lipinski definition) is 2. The van der Waals surface area contributed by atoms with Gasteiger partial charge in [0.25, 0.3) is 0 Å². The number of amides is 1. The van der Waals surface area contributed by atoms with Crippen LogP contribution in [0.3, 0.4) is 0 Å². The van der Waals surface area contributed by atoms with E-state index in [0.717, 1.165) is 9.88 Å². The van der Waals surface area contributed by atoms with E-state index in [9.17, 15) is 9.59 Å². The molecule has 0 saturated carbocycles. The molecular weight excluding hydrogens is 274 g/mol. The summed E-state index contributed by atoms with van der Waals surface area (Å²) in [6.45, 7) is 0. The molecule has 2 rings (SSSR count). The molecule has 2 aromatic rings. The monoisotopic (exact) mass is 283 g/mol. The van der Waals surface area contributed by atoms with Crippen LogP contribution in [0.4, 0.5) is 5.13 Å². The van der Waals surface area contributed by atoms with Gasteiger partial charge in [-0.05, 0) is 11.4 Å². The highest BCUT2D eigenvalue weighted by atomic mass is 32.1. The minimum absolute atomic E-state index is 0.0662. The Bertz CT molecular complexity index is 550. The number of thiophene rings is 1. The molecule has 18 heavy (non-hydrogen) atoms. The van der Waals surface area contributed by atoms with Gasteiger partial charge in [0.05, 0.1) is 11.3 Å². The zero-order valence-electron chi connectivity index (χ0n) is 9.12. The molecule has 2 N–H and O–H groups in total. The third-order valence-electron chi connectivity index (χ3n) is 1.97. The second-order valence-electron chi connectivity index (χ2n) is 3.33. The van der Waals surface area contributed by atoms with E-state index < -0.39 is 5.97 Å². The standard InChI is InChI=1S/C10H9N3O3S2/c14-7(3-4-8(15)16)11-10-13-12-9(18-10)6-2-1-5-17-6/h1-2,5H,3-4H2,(H,15,16)(H,11,13,14). The van der Waals surface area contributed by atoms with Crippen molar-refractivity contribution in [2.24, 2.45) is 0 Å². The number of anilines is 1. The third kappa shape index (κ3) is 3.34. The number of aromatic nitrogens is 2. The number of carboxylic acid groups (broad SMARTS) is 1. The summed E-state index contributed by atoms with van der Waals surface area (Å²) in [5.41, 5.74) is 0. The van der Waals surface area contributed by atoms with Gasteiger partial charge in [0.2, 0.25) is 11.0 Å². The van der Waals surface area contributed by atoms with Crippen LogP contribution >= 0.6 is 22.7 Å². The zero-order valence-corrected chi connectivity index (χ0v) is 10.8. The summed E-state index contributed by atoms with van der Waals surface area (Å²) in [4.78, 5) is 22.7. The average Bonchev–Trinajstić information content (AvgIpc) is 2.95. The summed E-state index contributed by atoms with van der Waals surface area (Å²) in [7, 11) is 0. The van der Waals surface area contributed by atoms with Gasteiger partial charge < -0.3 is 10.4 Å². The van der Waals surface area contributed by atoms with Crippen LogP contribution in [-0.2, 0) is 9.59 Å². The molecular formula is C10H9N3O3S2. The van der Waals surface area contributed by atoms with Crippen LogP contribution in [0.25, 0.3) is 9.88 Å². The number of carbonyl (C=O) groups excluding carboxylic acids is 1. The Labute approximate surface area is 110 Å². The first-order valence-corrected chi connectivity index (χ1v) is 6.74. The highest BCUT2D eigenvalue weighted by Crippen LogP contribution is 2.29. The smallest absolute Gasteiger partial charge is 0.303 e. The Kier molecular flexibility index (Phi) is 4.00. The number of hydrogen-bond acceptors (Lipinski definition) is 6. The van der Waals surface area contributed by atoms with Crippen LogP contribution in [0, 0.1) is 0 Å². The van der Waals surface area contributed by atoms with E-state index >= 15 is 0 Å². The van der Waals surface area contributed by atoms with E-state index in [2.05, 4.69) is 15.5 Å². The number of nitrogens with one attached hydrogen (secondary N) is 1. The molecule has 0 bridgehead atoms. The van der Waals surface area contributed by atoms with E-state index in [4.69, 9.17) is 5.11 Å². The van der Waals surface area contributed by atoms with Crippen LogP contribution in [0.15, 0.2) is 17.5 Å². The van der Waals surface area contributed by atoms with Crippen molar-refractivity contribution >= 4 is 39.7 Å². The van der Waals surface area contributed by atoms with Gasteiger partial charge in [-0.25, -0.2) is 0 Å². The van der Waals surface area contributed by atoms with Gasteiger partial charge in [0.15, 0.2) is 5.01 Å². The lowest BCUT2D eigenvalue weighted by Crippen LogP contribution is -2.12. The highest BCUT2D eigenvalue weighted by Gasteiger charge is 2.11. The molecule has 0 atom stereocenters. The van der Waals surface area contributed by atoms with Crippen LogP contribution in [0.1, 0.15) is 12.8 Å². The van der Waals surface area contributed by atoms with Gasteiger partial charge in [-0.15, -0.1) is 21.5 Å². The molecule has 0 aliphatic heterocycles. The molecule has 0 fully saturated rings. The quantitative estimate of drug-likeness (QED) is 0.876. The molecule has 2 aromatic heterocycles. The van der Waals surface area contributed by atoms with E-state index in [1.807, 2.05) is 17.5 Å². The van der Waals surface area contributed by atoms with Crippen molar-refractivity contribution in [3.05, 3.63) is 17.5 Å². The molecule has 6 nitrogen and oxygen atoms in total. The van der Waals surface area contributed by atoms with Crippen LogP contribution < -0.4 is 5.32 Å². The van der Waals surface area contributed by atoms with E-state index in [0.29, 0.717) is 5.13 Å². The number of rotatable bonds is 5. The van der Waals surface area contributed by atoms with Crippen molar-refractivity contribution in [1.29, 1.82) is 0 Å². The first-order chi connectivity index (χ1) is 8.65. The van der Waals surface area contributed by atoms with Crippen molar-refractivity contribution in [3.8, 4) is 9.88 Å². The number of nitrogens with zero attached hydrogens (tertiary/aromatic N) is 2. The minimum atomic E-state index is -0.998. The Hall–Kier alpha value is -1.80. The molecule has 0 radical (unpaired) electrons. The van der Waals surface area contributed by atoms with E-state index in [1.165, 1.54) is 22.7 Å². The van der Waals surface area contributed by atoms with Crippen LogP contribution in [0.2, 0.25) is 0 Å². The molecule has 2 heterocycles. The van der Waals surface area contributed by atoms with Crippen molar-refractivity contribution in [3.63, 3.8) is 0 Å². The van der Waals surface area contributed by atoms with Gasteiger partial charge in [-0.3, -0.25) is 9.59 Å². The molecule has 0 aliphatic carbocycles. The first kappa shape index (κ1) is 12.7. The third-order valence-corrected chi connectivity index (χ3v) is 3.85. The van der Waals surface area contributed by atoms with Crippen LogP contribution in [-0.4, -0.2) is 27.2 Å². The number of carboxylic acids is 1. The summed E-state index contributed by atoms with van der Waals surface area (Å²) < 4.78 is 0. The Morgan fingerprint density at radius 2 is 2.17 bits per heavy atom. The highest BCUT2D eigenvalue weighted by molar-refractivity contribution is 7.23. The normalized spacial score (nSPS) is 10.2. The summed E-state index contributed by atoms with van der Waals surface area (Å²) in [5.74, 6) is -1.37. The SMILES string of the molecule is O=C(O)CCC(=O)Nc1nnc(-c2cccs2)s1. The maximum Gasteiger partial charge on any atom is 0.303 e. The van der Waals surface area contributed by atoms with Gasteiger partial charge in [0.1, 0.15) is 0 Å². The van der Waals surface area contributed by atoms with E-state index in [-0.39, 0.29) is 18.7 Å². The summed E-state index contributed by atoms with van der Waals surface area (Å²) in [5, 5.41) is 21.8. The lowest BCUT2D eigenvalue weighted by molar-refractivity contribution is -0.138. The van der Waals surface area contributed by atoms with Crippen LogP contribution in [0.5, 0.6) is 0 Å². The molecule has 0 spiro atoms. The predicted molar refractivity (Wildman–Crippen MR) is 68.7 cm³/mol. The van der Waals surface area contributed by atoms with Crippen molar-refractivity contribution in [2.75, 3.05) is 5.32 Å². The summed E-state index contributed by atoms with van der Waals surface area (Å²) in [6.07, 6.45) is -0.258. The maximum atomic E-state index is 11.4. The molecule has 8 heteroatoms. The number of aliphatic carboxylic acids is 1. The Morgan fingerprint density at radius 3 is 2.83 bits per heavy atom. The largest absolute Gasteiger partial charge is 0.481 e. The summed E-state index contributed by atoms with van der Waals surface area (Å²) >= 11 is 2.80. The fourth-order valence-electron chi connectivity index (χ4n) is 1.18. The zero-order chi connectivity index (χ0) is 13.0. The fourth-order valence-corrected chi connectivity index (χ4v) is 2.73.